The van der Waals surface area contributed by atoms with Crippen molar-refractivity contribution in [3.8, 4) is 11.1 Å². The number of para-hydroxylation sites is 2. The molecule has 5 rings (SSSR count). The number of hydrogen-bond donors (Lipinski definition) is 0. The van der Waals surface area contributed by atoms with Gasteiger partial charge in [0.25, 0.3) is 0 Å². The molecule has 0 fully saturated rings. The number of fused-ring (bicyclic) bond motifs is 3. The van der Waals surface area contributed by atoms with Crippen molar-refractivity contribution in [1.82, 2.24) is 9.55 Å². The Morgan fingerprint density at radius 1 is 0.921 bits per heavy atom. The summed E-state index contributed by atoms with van der Waals surface area (Å²) in [6, 6.07) is 23.9. The predicted molar refractivity (Wildman–Crippen MR) is 155 cm³/mol. The first kappa shape index (κ1) is 25.9. The van der Waals surface area contributed by atoms with Crippen LogP contribution in [0.15, 0.2) is 89.5 Å². The highest BCUT2D eigenvalue weighted by Crippen LogP contribution is 2.44. The van der Waals surface area contributed by atoms with E-state index in [1.165, 1.54) is 15.1 Å². The van der Waals surface area contributed by atoms with E-state index in [0.29, 0.717) is 27.7 Å². The topological polar surface area (TPSA) is 81.5 Å². The smallest absolute Gasteiger partial charge is 0.419 e. The summed E-state index contributed by atoms with van der Waals surface area (Å²) < 4.78 is 35.8. The largest absolute Gasteiger partial charge is 0.443 e. The number of hydrogen-bond acceptors (Lipinski definition) is 5. The highest BCUT2D eigenvalue weighted by atomic mass is 79.9. The number of aromatic nitrogens is 2. The number of anilines is 2. The molecule has 0 unspecified atom stereocenters. The summed E-state index contributed by atoms with van der Waals surface area (Å²) in [5.74, 6) is 0.237. The van der Waals surface area contributed by atoms with Crippen molar-refractivity contribution in [2.24, 2.45) is 0 Å². The number of nitrogens with zero attached hydrogens (tertiary/aromatic N) is 3. The fourth-order valence-corrected chi connectivity index (χ4v) is 5.75. The summed E-state index contributed by atoms with van der Waals surface area (Å²) in [4.78, 5) is 18.1. The number of rotatable bonds is 4. The van der Waals surface area contributed by atoms with Gasteiger partial charge in [0.1, 0.15) is 5.60 Å². The summed E-state index contributed by atoms with van der Waals surface area (Å²) in [5, 5.41) is 1.47. The number of benzene rings is 3. The third-order valence-corrected chi connectivity index (χ3v) is 7.49. The number of ether oxygens (including phenoxy) is 1. The molecule has 0 N–H and O–H groups in total. The zero-order valence-electron chi connectivity index (χ0n) is 21.3. The van der Waals surface area contributed by atoms with Crippen molar-refractivity contribution < 1.29 is 17.9 Å². The Morgan fingerprint density at radius 2 is 1.55 bits per heavy atom. The molecule has 0 radical (unpaired) electrons. The molecule has 5 aromatic rings. The second kappa shape index (κ2) is 9.56. The second-order valence-electron chi connectivity index (χ2n) is 9.92. The number of halogens is 1. The Bertz CT molecular complexity index is 1770. The summed E-state index contributed by atoms with van der Waals surface area (Å²) in [6.45, 7) is 5.44. The molecule has 2 aromatic heterocycles. The average Bonchev–Trinajstić information content (AvgIpc) is 3.18. The second-order valence-corrected chi connectivity index (χ2v) is 12.7. The van der Waals surface area contributed by atoms with E-state index in [9.17, 15) is 13.2 Å². The third-order valence-electron chi connectivity index (χ3n) is 5.92. The van der Waals surface area contributed by atoms with Crippen LogP contribution in [0, 0.1) is 0 Å². The van der Waals surface area contributed by atoms with Gasteiger partial charge < -0.3 is 4.74 Å². The molecule has 0 amide bonds. The van der Waals surface area contributed by atoms with Crippen LogP contribution in [0.3, 0.4) is 0 Å². The molecule has 0 saturated carbocycles. The molecule has 0 atom stereocenters. The Morgan fingerprint density at radius 3 is 2.18 bits per heavy atom. The lowest BCUT2D eigenvalue weighted by molar-refractivity contribution is 0.0551. The number of carbonyl (C=O) groups is 1. The van der Waals surface area contributed by atoms with Crippen molar-refractivity contribution in [1.29, 1.82) is 0 Å². The minimum absolute atomic E-state index is 0.237. The zero-order valence-corrected chi connectivity index (χ0v) is 23.7. The first-order chi connectivity index (χ1) is 18.0. The van der Waals surface area contributed by atoms with Gasteiger partial charge in [-0.3, -0.25) is 0 Å². The molecule has 0 bridgehead atoms. The fourth-order valence-electron chi connectivity index (χ4n) is 4.53. The molecule has 3 aromatic carbocycles. The van der Waals surface area contributed by atoms with Crippen LogP contribution < -0.4 is 4.31 Å². The molecule has 0 saturated heterocycles. The molecule has 38 heavy (non-hydrogen) atoms. The predicted octanol–water partition coefficient (Wildman–Crippen LogP) is 7.50. The van der Waals surface area contributed by atoms with Gasteiger partial charge in [-0.05, 0) is 56.7 Å². The van der Waals surface area contributed by atoms with Crippen LogP contribution >= 0.6 is 15.9 Å². The first-order valence-electron chi connectivity index (χ1n) is 11.9. The van der Waals surface area contributed by atoms with E-state index in [-0.39, 0.29) is 5.82 Å². The normalized spacial score (nSPS) is 12.1. The first-order valence-corrected chi connectivity index (χ1v) is 14.6. The number of pyridine rings is 1. The lowest BCUT2D eigenvalue weighted by atomic mass is 10.00. The van der Waals surface area contributed by atoms with Crippen LogP contribution in [0.25, 0.3) is 32.9 Å². The van der Waals surface area contributed by atoms with Gasteiger partial charge >= 0.3 is 6.09 Å². The average molecular weight is 593 g/mol. The maximum absolute atomic E-state index is 13.4. The Kier molecular flexibility index (Phi) is 6.53. The Balaban J connectivity index is 1.94. The van der Waals surface area contributed by atoms with Crippen molar-refractivity contribution in [2.45, 2.75) is 26.4 Å². The summed E-state index contributed by atoms with van der Waals surface area (Å²) in [7, 11) is -3.80. The highest BCUT2D eigenvalue weighted by Gasteiger charge is 2.30. The van der Waals surface area contributed by atoms with Gasteiger partial charge in [0, 0.05) is 20.8 Å². The van der Waals surface area contributed by atoms with E-state index in [2.05, 4.69) is 15.9 Å². The molecule has 0 aliphatic heterocycles. The SMILES string of the molecule is CC(C)(C)OC(=O)n1c2ccccc2c2c(-c3ccc(Br)cc3)c(N(c3ccccc3)S(C)(=O)=O)ncc21. The molecule has 0 aliphatic carbocycles. The lowest BCUT2D eigenvalue weighted by Gasteiger charge is -2.25. The third kappa shape index (κ3) is 4.79. The van der Waals surface area contributed by atoms with Crippen molar-refractivity contribution in [2.75, 3.05) is 10.6 Å². The van der Waals surface area contributed by atoms with Crippen LogP contribution in [0.5, 0.6) is 0 Å². The van der Waals surface area contributed by atoms with Gasteiger partial charge in [-0.25, -0.2) is 27.1 Å². The minimum Gasteiger partial charge on any atom is -0.443 e. The number of sulfonamides is 1. The summed E-state index contributed by atoms with van der Waals surface area (Å²) in [6.07, 6.45) is 2.15. The zero-order chi connectivity index (χ0) is 27.2. The van der Waals surface area contributed by atoms with Gasteiger partial charge in [0.15, 0.2) is 5.82 Å². The van der Waals surface area contributed by atoms with Gasteiger partial charge in [-0.1, -0.05) is 64.5 Å². The van der Waals surface area contributed by atoms with Crippen molar-refractivity contribution in [3.05, 3.63) is 89.5 Å². The molecule has 0 spiro atoms. The molecule has 7 nitrogen and oxygen atoms in total. The monoisotopic (exact) mass is 591 g/mol. The van der Waals surface area contributed by atoms with Crippen LogP contribution in [0.4, 0.5) is 16.3 Å². The lowest BCUT2D eigenvalue weighted by Crippen LogP contribution is -2.27. The van der Waals surface area contributed by atoms with E-state index >= 15 is 0 Å². The van der Waals surface area contributed by atoms with Gasteiger partial charge in [0.05, 0.1) is 29.2 Å². The van der Waals surface area contributed by atoms with E-state index < -0.39 is 21.7 Å². The maximum Gasteiger partial charge on any atom is 0.419 e. The Labute approximate surface area is 229 Å². The molecule has 194 valence electrons. The standard InChI is InChI=1S/C29H26BrN3O4S/c1-29(2,3)37-28(34)32-23-13-9-8-12-22(23)26-24(32)18-31-27(25(26)19-14-16-20(30)17-15-19)33(38(4,35)36)21-10-6-5-7-11-21/h5-18H,1-4H3. The fraction of sp³-hybridized carbons (Fsp3) is 0.172. The van der Waals surface area contributed by atoms with Crippen molar-refractivity contribution in [3.63, 3.8) is 0 Å². The summed E-state index contributed by atoms with van der Waals surface area (Å²) >= 11 is 3.49. The highest BCUT2D eigenvalue weighted by molar-refractivity contribution is 9.10. The van der Waals surface area contributed by atoms with E-state index in [4.69, 9.17) is 9.72 Å². The van der Waals surface area contributed by atoms with Crippen LogP contribution in [-0.4, -0.2) is 35.9 Å². The van der Waals surface area contributed by atoms with E-state index in [0.717, 1.165) is 21.7 Å². The molecule has 9 heteroatoms. The van der Waals surface area contributed by atoms with Crippen molar-refractivity contribution >= 4 is 65.4 Å². The Hall–Kier alpha value is -3.69. The molecule has 2 heterocycles. The van der Waals surface area contributed by atoms with Crippen LogP contribution in [-0.2, 0) is 14.8 Å². The quantitative estimate of drug-likeness (QED) is 0.216. The minimum atomic E-state index is -3.80. The van der Waals surface area contributed by atoms with E-state index in [1.54, 1.807) is 24.3 Å². The van der Waals surface area contributed by atoms with Crippen LogP contribution in [0.2, 0.25) is 0 Å². The van der Waals surface area contributed by atoms with Gasteiger partial charge in [-0.2, -0.15) is 0 Å². The molecular weight excluding hydrogens is 566 g/mol. The molecular formula is C29H26BrN3O4S. The van der Waals surface area contributed by atoms with Crippen LogP contribution in [0.1, 0.15) is 20.8 Å². The van der Waals surface area contributed by atoms with Gasteiger partial charge in [-0.15, -0.1) is 0 Å². The van der Waals surface area contributed by atoms with E-state index in [1.807, 2.05) is 75.4 Å². The maximum atomic E-state index is 13.4. The summed E-state index contributed by atoms with van der Waals surface area (Å²) in [5.41, 5.74) is 2.23. The van der Waals surface area contributed by atoms with Gasteiger partial charge in [0.2, 0.25) is 10.0 Å². The number of carbonyl (C=O) groups excluding carboxylic acids is 1. The molecule has 0 aliphatic rings.